The first-order valence-electron chi connectivity index (χ1n) is 7.46. The van der Waals surface area contributed by atoms with Crippen molar-refractivity contribution in [2.75, 3.05) is 13.7 Å². The van der Waals surface area contributed by atoms with Crippen molar-refractivity contribution in [3.63, 3.8) is 0 Å². The van der Waals surface area contributed by atoms with Gasteiger partial charge in [0.2, 0.25) is 5.82 Å². The summed E-state index contributed by atoms with van der Waals surface area (Å²) in [4.78, 5) is 18.1. The van der Waals surface area contributed by atoms with E-state index in [9.17, 15) is 14.3 Å². The average Bonchev–Trinajstić information content (AvgIpc) is 2.98. The van der Waals surface area contributed by atoms with Gasteiger partial charge in [0.1, 0.15) is 11.6 Å². The lowest BCUT2D eigenvalue weighted by atomic mass is 10.2. The third kappa shape index (κ3) is 3.56. The van der Waals surface area contributed by atoms with Crippen LogP contribution >= 0.6 is 0 Å². The smallest absolute Gasteiger partial charge is 0.293 e. The van der Waals surface area contributed by atoms with Crippen LogP contribution in [0.1, 0.15) is 43.1 Å². The molecule has 23 heavy (non-hydrogen) atoms. The van der Waals surface area contributed by atoms with Crippen LogP contribution in [0.4, 0.5) is 4.39 Å². The highest BCUT2D eigenvalue weighted by Crippen LogP contribution is 2.19. The number of likely N-dealkylation sites (N-methyl/N-ethyl adjacent to an activating group) is 1. The first-order chi connectivity index (χ1) is 10.8. The van der Waals surface area contributed by atoms with Gasteiger partial charge in [0.25, 0.3) is 5.91 Å². The molecule has 0 saturated carbocycles. The van der Waals surface area contributed by atoms with Crippen LogP contribution in [0.25, 0.3) is 5.69 Å². The summed E-state index contributed by atoms with van der Waals surface area (Å²) in [6.07, 6.45) is 0. The summed E-state index contributed by atoms with van der Waals surface area (Å²) in [5.41, 5.74) is 0.512. The van der Waals surface area contributed by atoms with Crippen LogP contribution < -0.4 is 0 Å². The van der Waals surface area contributed by atoms with E-state index in [4.69, 9.17) is 0 Å². The fourth-order valence-electron chi connectivity index (χ4n) is 2.07. The molecule has 0 fully saturated rings. The summed E-state index contributed by atoms with van der Waals surface area (Å²) in [6.45, 7) is 5.43. The lowest BCUT2D eigenvalue weighted by Gasteiger charge is -2.21. The Labute approximate surface area is 134 Å². The number of aromatic nitrogens is 3. The minimum atomic E-state index is -0.386. The van der Waals surface area contributed by atoms with Gasteiger partial charge in [0.15, 0.2) is 0 Å². The number of amides is 1. The normalized spacial score (nSPS) is 12.5. The highest BCUT2D eigenvalue weighted by atomic mass is 19.1. The number of aliphatic hydroxyl groups excluding tert-OH is 1. The molecule has 0 aliphatic heterocycles. The second-order valence-electron chi connectivity index (χ2n) is 5.79. The minimum absolute atomic E-state index is 0.00730. The van der Waals surface area contributed by atoms with Gasteiger partial charge in [0, 0.05) is 13.0 Å². The molecule has 1 aromatic carbocycles. The van der Waals surface area contributed by atoms with E-state index in [0.29, 0.717) is 11.5 Å². The van der Waals surface area contributed by atoms with Crippen LogP contribution in [0, 0.1) is 5.82 Å². The van der Waals surface area contributed by atoms with E-state index in [-0.39, 0.29) is 36.1 Å². The van der Waals surface area contributed by atoms with Gasteiger partial charge in [-0.25, -0.2) is 14.1 Å². The fourth-order valence-corrected chi connectivity index (χ4v) is 2.07. The Morgan fingerprint density at radius 3 is 2.65 bits per heavy atom. The number of hydrogen-bond acceptors (Lipinski definition) is 4. The summed E-state index contributed by atoms with van der Waals surface area (Å²) in [5.74, 6) is -0.159. The molecular weight excluding hydrogens is 299 g/mol. The Hall–Kier alpha value is -2.28. The van der Waals surface area contributed by atoms with Crippen molar-refractivity contribution in [3.05, 3.63) is 41.7 Å². The molecule has 0 aliphatic carbocycles. The molecule has 0 saturated heterocycles. The van der Waals surface area contributed by atoms with Crippen molar-refractivity contribution in [2.24, 2.45) is 0 Å². The highest BCUT2D eigenvalue weighted by molar-refractivity contribution is 5.90. The monoisotopic (exact) mass is 320 g/mol. The van der Waals surface area contributed by atoms with E-state index < -0.39 is 0 Å². The first-order valence-corrected chi connectivity index (χ1v) is 7.46. The first kappa shape index (κ1) is 17.1. The summed E-state index contributed by atoms with van der Waals surface area (Å²) in [7, 11) is 1.58. The van der Waals surface area contributed by atoms with Crippen LogP contribution in [-0.4, -0.2) is 50.4 Å². The van der Waals surface area contributed by atoms with Gasteiger partial charge in [-0.1, -0.05) is 19.9 Å². The van der Waals surface area contributed by atoms with Gasteiger partial charge >= 0.3 is 0 Å². The van der Waals surface area contributed by atoms with Crippen molar-refractivity contribution in [3.8, 4) is 5.69 Å². The Morgan fingerprint density at radius 2 is 2.09 bits per heavy atom. The zero-order valence-corrected chi connectivity index (χ0v) is 13.7. The van der Waals surface area contributed by atoms with E-state index >= 15 is 0 Å². The molecule has 1 amide bonds. The van der Waals surface area contributed by atoms with Gasteiger partial charge in [-0.05, 0) is 25.1 Å². The largest absolute Gasteiger partial charge is 0.394 e. The molecule has 1 aromatic heterocycles. The Kier molecular flexibility index (Phi) is 5.10. The molecule has 0 spiro atoms. The van der Waals surface area contributed by atoms with E-state index in [2.05, 4.69) is 10.1 Å². The van der Waals surface area contributed by atoms with Gasteiger partial charge in [-0.2, -0.15) is 0 Å². The van der Waals surface area contributed by atoms with Crippen molar-refractivity contribution in [1.82, 2.24) is 19.7 Å². The standard InChI is InChI=1S/C16H21FN4O2/c1-10(2)15-18-14(16(23)20(4)11(3)9-22)19-21(15)13-7-5-6-12(17)8-13/h5-8,10-11,22H,9H2,1-4H3. The lowest BCUT2D eigenvalue weighted by Crippen LogP contribution is -2.37. The predicted molar refractivity (Wildman–Crippen MR) is 84.0 cm³/mol. The van der Waals surface area contributed by atoms with Crippen molar-refractivity contribution < 1.29 is 14.3 Å². The summed E-state index contributed by atoms with van der Waals surface area (Å²) in [6, 6.07) is 5.63. The minimum Gasteiger partial charge on any atom is -0.394 e. The quantitative estimate of drug-likeness (QED) is 0.914. The summed E-state index contributed by atoms with van der Waals surface area (Å²) >= 11 is 0. The van der Waals surface area contributed by atoms with Crippen LogP contribution in [0.2, 0.25) is 0 Å². The number of aliphatic hydroxyl groups is 1. The Bertz CT molecular complexity index is 699. The predicted octanol–water partition coefficient (Wildman–Crippen LogP) is 1.98. The third-order valence-electron chi connectivity index (χ3n) is 3.64. The van der Waals surface area contributed by atoms with Gasteiger partial charge < -0.3 is 10.0 Å². The number of rotatable bonds is 5. The second-order valence-corrected chi connectivity index (χ2v) is 5.79. The molecule has 2 rings (SSSR count). The van der Waals surface area contributed by atoms with Crippen molar-refractivity contribution in [1.29, 1.82) is 0 Å². The number of halogens is 1. The van der Waals surface area contributed by atoms with E-state index in [1.807, 2.05) is 13.8 Å². The average molecular weight is 320 g/mol. The number of carbonyl (C=O) groups excluding carboxylic acids is 1. The molecule has 1 heterocycles. The number of benzene rings is 1. The molecule has 1 unspecified atom stereocenters. The maximum atomic E-state index is 13.5. The zero-order valence-electron chi connectivity index (χ0n) is 13.7. The number of carbonyl (C=O) groups is 1. The van der Waals surface area contributed by atoms with Crippen LogP contribution in [-0.2, 0) is 0 Å². The second kappa shape index (κ2) is 6.87. The molecule has 0 aliphatic rings. The lowest BCUT2D eigenvalue weighted by molar-refractivity contribution is 0.0670. The molecule has 1 atom stereocenters. The van der Waals surface area contributed by atoms with E-state index in [0.717, 1.165) is 0 Å². The molecule has 0 radical (unpaired) electrons. The van der Waals surface area contributed by atoms with Gasteiger partial charge in [0.05, 0.1) is 18.3 Å². The molecule has 0 bridgehead atoms. The van der Waals surface area contributed by atoms with Crippen LogP contribution in [0.15, 0.2) is 24.3 Å². The maximum Gasteiger partial charge on any atom is 0.293 e. The van der Waals surface area contributed by atoms with E-state index in [1.54, 1.807) is 26.1 Å². The fraction of sp³-hybridized carbons (Fsp3) is 0.438. The Morgan fingerprint density at radius 1 is 1.39 bits per heavy atom. The van der Waals surface area contributed by atoms with Crippen LogP contribution in [0.5, 0.6) is 0 Å². The van der Waals surface area contributed by atoms with Gasteiger partial charge in [-0.15, -0.1) is 5.10 Å². The molecule has 2 aromatic rings. The molecule has 1 N–H and O–H groups in total. The van der Waals surface area contributed by atoms with Crippen molar-refractivity contribution >= 4 is 5.91 Å². The van der Waals surface area contributed by atoms with Crippen LogP contribution in [0.3, 0.4) is 0 Å². The third-order valence-corrected chi connectivity index (χ3v) is 3.64. The number of nitrogens with zero attached hydrogens (tertiary/aromatic N) is 4. The van der Waals surface area contributed by atoms with E-state index in [1.165, 1.54) is 21.7 Å². The molecule has 6 nitrogen and oxygen atoms in total. The summed E-state index contributed by atoms with van der Waals surface area (Å²) in [5, 5.41) is 13.4. The SMILES string of the molecule is CC(C)c1nc(C(=O)N(C)C(C)CO)nn1-c1cccc(F)c1. The zero-order chi connectivity index (χ0) is 17.1. The molecular formula is C16H21FN4O2. The van der Waals surface area contributed by atoms with Gasteiger partial charge in [-0.3, -0.25) is 4.79 Å². The maximum absolute atomic E-state index is 13.5. The molecule has 124 valence electrons. The highest BCUT2D eigenvalue weighted by Gasteiger charge is 2.24. The summed E-state index contributed by atoms with van der Waals surface area (Å²) < 4.78 is 15.0. The topological polar surface area (TPSA) is 71.2 Å². The van der Waals surface area contributed by atoms with Crippen molar-refractivity contribution in [2.45, 2.75) is 32.7 Å². The molecule has 7 heteroatoms. The Balaban J connectivity index is 2.45. The number of hydrogen-bond donors (Lipinski definition) is 1.